The highest BCUT2D eigenvalue weighted by atomic mass is 16.7. The zero-order chi connectivity index (χ0) is 7.84. The van der Waals surface area contributed by atoms with Gasteiger partial charge in [0.05, 0.1) is 12.7 Å². The van der Waals surface area contributed by atoms with Crippen LogP contribution in [-0.4, -0.2) is 43.4 Å². The highest BCUT2D eigenvalue weighted by Crippen LogP contribution is 2.30. The lowest BCUT2D eigenvalue weighted by atomic mass is 10.1. The average molecular weight is 160 g/mol. The van der Waals surface area contributed by atoms with Crippen LogP contribution in [0, 0.1) is 0 Å². The zero-order valence-electron chi connectivity index (χ0n) is 6.40. The van der Waals surface area contributed by atoms with Gasteiger partial charge < -0.3 is 19.3 Å². The largest absolute Gasteiger partial charge is 0.388 e. The Morgan fingerprint density at radius 3 is 3.00 bits per heavy atom. The van der Waals surface area contributed by atoms with Crippen molar-refractivity contribution in [1.82, 2.24) is 0 Å². The predicted octanol–water partition coefficient (Wildman–Crippen LogP) is -0.493. The van der Waals surface area contributed by atoms with Gasteiger partial charge in [-0.05, 0) is 0 Å². The molecule has 0 amide bonds. The molecule has 2 rings (SSSR count). The Balaban J connectivity index is 1.98. The molecule has 11 heavy (non-hydrogen) atoms. The fourth-order valence-corrected chi connectivity index (χ4v) is 1.61. The van der Waals surface area contributed by atoms with Gasteiger partial charge in [0.1, 0.15) is 12.2 Å². The molecular weight excluding hydrogens is 148 g/mol. The Hall–Kier alpha value is -0.160. The first kappa shape index (κ1) is 7.49. The topological polar surface area (TPSA) is 47.9 Å². The molecule has 2 aliphatic heterocycles. The third-order valence-corrected chi connectivity index (χ3v) is 2.22. The quantitative estimate of drug-likeness (QED) is 0.562. The number of hydrogen-bond donors (Lipinski definition) is 1. The van der Waals surface area contributed by atoms with Gasteiger partial charge in [-0.2, -0.15) is 0 Å². The van der Waals surface area contributed by atoms with E-state index < -0.39 is 6.10 Å². The fraction of sp³-hybridized carbons (Fsp3) is 1.00. The molecule has 4 heteroatoms. The highest BCUT2D eigenvalue weighted by molar-refractivity contribution is 4.90. The lowest BCUT2D eigenvalue weighted by Crippen LogP contribution is -2.27. The third kappa shape index (κ3) is 1.16. The molecule has 64 valence electrons. The molecular formula is C7H12O4. The lowest BCUT2D eigenvalue weighted by Gasteiger charge is -2.12. The second kappa shape index (κ2) is 2.71. The van der Waals surface area contributed by atoms with Gasteiger partial charge in [0.25, 0.3) is 0 Å². The van der Waals surface area contributed by atoms with E-state index in [1.807, 2.05) is 0 Å². The summed E-state index contributed by atoms with van der Waals surface area (Å²) in [5.41, 5.74) is 0. The molecule has 4 atom stereocenters. The lowest BCUT2D eigenvalue weighted by molar-refractivity contribution is -0.134. The predicted molar refractivity (Wildman–Crippen MR) is 36.0 cm³/mol. The zero-order valence-corrected chi connectivity index (χ0v) is 6.40. The molecule has 0 saturated carbocycles. The molecule has 0 bridgehead atoms. The van der Waals surface area contributed by atoms with Crippen LogP contribution in [0.3, 0.4) is 0 Å². The summed E-state index contributed by atoms with van der Waals surface area (Å²) in [6, 6.07) is 0. The van der Waals surface area contributed by atoms with Gasteiger partial charge in [-0.15, -0.1) is 0 Å². The van der Waals surface area contributed by atoms with Crippen molar-refractivity contribution in [3.05, 3.63) is 0 Å². The van der Waals surface area contributed by atoms with Crippen LogP contribution < -0.4 is 0 Å². The Labute approximate surface area is 65.1 Å². The number of hydrogen-bond acceptors (Lipinski definition) is 4. The van der Waals surface area contributed by atoms with Crippen molar-refractivity contribution in [3.63, 3.8) is 0 Å². The molecule has 0 aromatic heterocycles. The van der Waals surface area contributed by atoms with Crippen molar-refractivity contribution in [2.75, 3.05) is 13.7 Å². The molecule has 0 aliphatic carbocycles. The second-order valence-electron chi connectivity index (χ2n) is 2.94. The minimum Gasteiger partial charge on any atom is -0.388 e. The second-order valence-corrected chi connectivity index (χ2v) is 2.94. The Kier molecular flexibility index (Phi) is 1.85. The van der Waals surface area contributed by atoms with Crippen LogP contribution in [0.15, 0.2) is 0 Å². The van der Waals surface area contributed by atoms with Crippen molar-refractivity contribution >= 4 is 0 Å². The maximum absolute atomic E-state index is 9.31. The minimum absolute atomic E-state index is 0.0370. The molecule has 2 aliphatic rings. The van der Waals surface area contributed by atoms with Crippen LogP contribution in [0.5, 0.6) is 0 Å². The summed E-state index contributed by atoms with van der Waals surface area (Å²) in [4.78, 5) is 0. The van der Waals surface area contributed by atoms with E-state index in [0.717, 1.165) is 6.42 Å². The third-order valence-electron chi connectivity index (χ3n) is 2.22. The number of methoxy groups -OCH3 is 1. The number of ether oxygens (including phenoxy) is 3. The van der Waals surface area contributed by atoms with Crippen LogP contribution in [0.4, 0.5) is 0 Å². The first-order valence-corrected chi connectivity index (χ1v) is 3.79. The van der Waals surface area contributed by atoms with Crippen molar-refractivity contribution in [1.29, 1.82) is 0 Å². The molecule has 0 unspecified atom stereocenters. The van der Waals surface area contributed by atoms with Gasteiger partial charge in [-0.1, -0.05) is 0 Å². The van der Waals surface area contributed by atoms with Crippen LogP contribution in [-0.2, 0) is 14.2 Å². The van der Waals surface area contributed by atoms with Crippen LogP contribution in [0.1, 0.15) is 6.42 Å². The van der Waals surface area contributed by atoms with Gasteiger partial charge in [0.2, 0.25) is 0 Å². The minimum atomic E-state index is -0.472. The first-order valence-electron chi connectivity index (χ1n) is 3.79. The van der Waals surface area contributed by atoms with E-state index in [9.17, 15) is 5.11 Å². The van der Waals surface area contributed by atoms with Crippen molar-refractivity contribution in [3.8, 4) is 0 Å². The Morgan fingerprint density at radius 2 is 2.36 bits per heavy atom. The summed E-state index contributed by atoms with van der Waals surface area (Å²) in [6.07, 6.45) is -0.0619. The van der Waals surface area contributed by atoms with Gasteiger partial charge in [0, 0.05) is 13.5 Å². The molecule has 2 saturated heterocycles. The SMILES string of the molecule is CO[C@H]1C[C@H]2OC[C@@H](O)[C@@H]2O1. The summed E-state index contributed by atoms with van der Waals surface area (Å²) < 4.78 is 15.6. The van der Waals surface area contributed by atoms with Crippen LogP contribution in [0.2, 0.25) is 0 Å². The van der Waals surface area contributed by atoms with E-state index in [4.69, 9.17) is 14.2 Å². The van der Waals surface area contributed by atoms with E-state index in [0.29, 0.717) is 6.61 Å². The van der Waals surface area contributed by atoms with Crippen molar-refractivity contribution in [2.24, 2.45) is 0 Å². The number of aliphatic hydroxyl groups is 1. The van der Waals surface area contributed by atoms with Crippen LogP contribution in [0.25, 0.3) is 0 Å². The van der Waals surface area contributed by atoms with E-state index in [-0.39, 0.29) is 18.5 Å². The Bertz CT molecular complexity index is 149. The summed E-state index contributed by atoms with van der Waals surface area (Å²) in [5, 5.41) is 9.31. The number of aliphatic hydroxyl groups excluding tert-OH is 1. The first-order chi connectivity index (χ1) is 5.31. The normalized spacial score (nSPS) is 49.6. The Morgan fingerprint density at radius 1 is 1.55 bits per heavy atom. The molecule has 0 aromatic rings. The van der Waals surface area contributed by atoms with E-state index in [1.165, 1.54) is 0 Å². The number of rotatable bonds is 1. The molecule has 0 spiro atoms. The monoisotopic (exact) mass is 160 g/mol. The van der Waals surface area contributed by atoms with Crippen molar-refractivity contribution in [2.45, 2.75) is 31.0 Å². The van der Waals surface area contributed by atoms with Gasteiger partial charge in [0.15, 0.2) is 6.29 Å². The highest BCUT2D eigenvalue weighted by Gasteiger charge is 2.45. The number of fused-ring (bicyclic) bond motifs is 1. The summed E-state index contributed by atoms with van der Waals surface area (Å²) in [5.74, 6) is 0. The maximum atomic E-state index is 9.31. The average Bonchev–Trinajstić information content (AvgIpc) is 2.53. The van der Waals surface area contributed by atoms with E-state index in [1.54, 1.807) is 7.11 Å². The fourth-order valence-electron chi connectivity index (χ4n) is 1.61. The van der Waals surface area contributed by atoms with Crippen molar-refractivity contribution < 1.29 is 19.3 Å². The van der Waals surface area contributed by atoms with Gasteiger partial charge in [-0.3, -0.25) is 0 Å². The molecule has 2 fully saturated rings. The van der Waals surface area contributed by atoms with E-state index in [2.05, 4.69) is 0 Å². The van der Waals surface area contributed by atoms with Gasteiger partial charge in [-0.25, -0.2) is 0 Å². The maximum Gasteiger partial charge on any atom is 0.160 e. The summed E-state index contributed by atoms with van der Waals surface area (Å²) >= 11 is 0. The molecule has 1 N–H and O–H groups in total. The van der Waals surface area contributed by atoms with E-state index >= 15 is 0 Å². The van der Waals surface area contributed by atoms with Crippen LogP contribution >= 0.6 is 0 Å². The smallest absolute Gasteiger partial charge is 0.160 e. The molecule has 0 aromatic carbocycles. The summed E-state index contributed by atoms with van der Waals surface area (Å²) in [6.45, 7) is 0.395. The standard InChI is InChI=1S/C7H12O4/c1-9-6-2-5-7(11-6)4(8)3-10-5/h4-8H,2-3H2,1H3/t4-,5-,6-,7+/m1/s1. The molecule has 2 heterocycles. The molecule has 0 radical (unpaired) electrons. The van der Waals surface area contributed by atoms with Gasteiger partial charge >= 0.3 is 0 Å². The molecule has 4 nitrogen and oxygen atoms in total. The summed E-state index contributed by atoms with van der Waals surface area (Å²) in [7, 11) is 1.60.